The van der Waals surface area contributed by atoms with Gasteiger partial charge in [0, 0.05) is 17.1 Å². The molecule has 26 heavy (non-hydrogen) atoms. The van der Waals surface area contributed by atoms with E-state index in [2.05, 4.69) is 10.3 Å². The molecular formula is C19H17ClN2O4. The molecule has 6 nitrogen and oxygen atoms in total. The molecule has 134 valence electrons. The summed E-state index contributed by atoms with van der Waals surface area (Å²) < 4.78 is 10.5. The number of nitrogens with one attached hydrogen (secondary N) is 1. The van der Waals surface area contributed by atoms with E-state index in [1.165, 1.54) is 6.20 Å². The van der Waals surface area contributed by atoms with Gasteiger partial charge < -0.3 is 14.5 Å². The third-order valence-corrected chi connectivity index (χ3v) is 4.30. The number of nitrogens with zero attached hydrogens (tertiary/aromatic N) is 1. The number of ether oxygens (including phenoxy) is 1. The van der Waals surface area contributed by atoms with Crippen LogP contribution in [0.2, 0.25) is 5.15 Å². The van der Waals surface area contributed by atoms with Crippen molar-refractivity contribution in [2.45, 2.75) is 20.3 Å². The Kier molecular flexibility index (Phi) is 5.23. The Hall–Kier alpha value is -2.86. The normalized spacial score (nSPS) is 10.7. The van der Waals surface area contributed by atoms with E-state index in [-0.39, 0.29) is 11.6 Å². The highest BCUT2D eigenvalue weighted by molar-refractivity contribution is 6.32. The van der Waals surface area contributed by atoms with Crippen LogP contribution >= 0.6 is 11.6 Å². The van der Waals surface area contributed by atoms with Gasteiger partial charge in [0.1, 0.15) is 5.58 Å². The molecule has 3 rings (SSSR count). The Balaban J connectivity index is 1.58. The number of esters is 1. The van der Waals surface area contributed by atoms with Crippen LogP contribution < -0.4 is 5.32 Å². The van der Waals surface area contributed by atoms with E-state index < -0.39 is 18.5 Å². The van der Waals surface area contributed by atoms with Crippen LogP contribution in [0.15, 0.2) is 41.1 Å². The highest BCUT2D eigenvalue weighted by Gasteiger charge is 2.14. The topological polar surface area (TPSA) is 81.4 Å². The predicted molar refractivity (Wildman–Crippen MR) is 98.2 cm³/mol. The van der Waals surface area contributed by atoms with Crippen LogP contribution in [0.1, 0.15) is 16.7 Å². The van der Waals surface area contributed by atoms with Gasteiger partial charge in [-0.15, -0.1) is 0 Å². The molecule has 3 aromatic rings. The minimum atomic E-state index is -0.515. The number of hydrogen-bond donors (Lipinski definition) is 1. The van der Waals surface area contributed by atoms with Gasteiger partial charge in [0.15, 0.2) is 11.8 Å². The molecule has 7 heteroatoms. The molecule has 0 bridgehead atoms. The maximum absolute atomic E-state index is 12.0. The van der Waals surface area contributed by atoms with Crippen molar-refractivity contribution in [3.63, 3.8) is 0 Å². The minimum absolute atomic E-state index is 0.0242. The fraction of sp³-hybridized carbons (Fsp3) is 0.211. The molecule has 0 saturated carbocycles. The Morgan fingerprint density at radius 2 is 2.04 bits per heavy atom. The summed E-state index contributed by atoms with van der Waals surface area (Å²) in [4.78, 5) is 27.8. The summed E-state index contributed by atoms with van der Waals surface area (Å²) >= 11 is 5.86. The zero-order chi connectivity index (χ0) is 18.7. The third kappa shape index (κ3) is 4.03. The van der Waals surface area contributed by atoms with E-state index >= 15 is 0 Å². The summed E-state index contributed by atoms with van der Waals surface area (Å²) in [5, 5.41) is 3.58. The van der Waals surface area contributed by atoms with Crippen molar-refractivity contribution >= 4 is 40.1 Å². The first-order valence-electron chi connectivity index (χ1n) is 7.97. The van der Waals surface area contributed by atoms with E-state index in [0.717, 1.165) is 27.7 Å². The quantitative estimate of drug-likeness (QED) is 0.544. The van der Waals surface area contributed by atoms with Gasteiger partial charge in [-0.05, 0) is 49.2 Å². The van der Waals surface area contributed by atoms with Crippen LogP contribution in [0.3, 0.4) is 0 Å². The smallest absolute Gasteiger partial charge is 0.310 e. The van der Waals surface area contributed by atoms with Crippen LogP contribution in [0.4, 0.5) is 5.69 Å². The maximum atomic E-state index is 12.0. The molecular weight excluding hydrogens is 356 g/mol. The number of aromatic nitrogens is 1. The molecule has 2 aromatic heterocycles. The third-order valence-electron chi connectivity index (χ3n) is 4.00. The molecule has 0 unspecified atom stereocenters. The van der Waals surface area contributed by atoms with E-state index in [1.807, 2.05) is 26.0 Å². The standard InChI is InChI=1S/C19H17ClN2O4/c1-11-6-14-13(9-25-16(14)7-12(11)2)8-18(24)26-10-17(23)22-15-4-3-5-21-19(15)20/h3-7,9H,8,10H2,1-2H3,(H,22,23). The Bertz CT molecular complexity index is 981. The highest BCUT2D eigenvalue weighted by atomic mass is 35.5. The number of halogens is 1. The number of anilines is 1. The number of carbonyl (C=O) groups excluding carboxylic acids is 2. The second-order valence-corrected chi connectivity index (χ2v) is 6.28. The molecule has 0 fully saturated rings. The van der Waals surface area contributed by atoms with Crippen molar-refractivity contribution in [2.24, 2.45) is 0 Å². The second kappa shape index (κ2) is 7.58. The second-order valence-electron chi connectivity index (χ2n) is 5.92. The molecule has 1 N–H and O–H groups in total. The Morgan fingerprint density at radius 3 is 2.81 bits per heavy atom. The first-order valence-corrected chi connectivity index (χ1v) is 8.35. The van der Waals surface area contributed by atoms with E-state index in [4.69, 9.17) is 20.8 Å². The fourth-order valence-electron chi connectivity index (χ4n) is 2.49. The van der Waals surface area contributed by atoms with Crippen LogP contribution in [-0.4, -0.2) is 23.5 Å². The summed E-state index contributed by atoms with van der Waals surface area (Å²) in [6.07, 6.45) is 3.08. The number of amides is 1. The van der Waals surface area contributed by atoms with Crippen molar-refractivity contribution in [3.05, 3.63) is 58.6 Å². The van der Waals surface area contributed by atoms with Gasteiger partial charge in [-0.25, -0.2) is 4.98 Å². The summed E-state index contributed by atoms with van der Waals surface area (Å²) in [5.41, 5.74) is 4.04. The SMILES string of the molecule is Cc1cc2occ(CC(=O)OCC(=O)Nc3cccnc3Cl)c2cc1C. The van der Waals surface area contributed by atoms with Crippen LogP contribution in [0.5, 0.6) is 0 Å². The number of carbonyl (C=O) groups is 2. The number of hydrogen-bond acceptors (Lipinski definition) is 5. The van der Waals surface area contributed by atoms with Gasteiger partial charge in [-0.2, -0.15) is 0 Å². The lowest BCUT2D eigenvalue weighted by Crippen LogP contribution is -2.21. The number of benzene rings is 1. The number of aryl methyl sites for hydroxylation is 2. The van der Waals surface area contributed by atoms with Crippen molar-refractivity contribution in [1.82, 2.24) is 4.98 Å². The largest absolute Gasteiger partial charge is 0.464 e. The van der Waals surface area contributed by atoms with Crippen molar-refractivity contribution in [1.29, 1.82) is 0 Å². The number of furan rings is 1. The molecule has 0 aliphatic heterocycles. The zero-order valence-electron chi connectivity index (χ0n) is 14.3. The van der Waals surface area contributed by atoms with E-state index in [0.29, 0.717) is 5.69 Å². The minimum Gasteiger partial charge on any atom is -0.464 e. The molecule has 2 heterocycles. The average molecular weight is 373 g/mol. The summed E-state index contributed by atoms with van der Waals surface area (Å²) in [7, 11) is 0. The molecule has 0 radical (unpaired) electrons. The fourth-order valence-corrected chi connectivity index (χ4v) is 2.66. The average Bonchev–Trinajstić information content (AvgIpc) is 2.97. The van der Waals surface area contributed by atoms with Gasteiger partial charge in [0.25, 0.3) is 5.91 Å². The highest BCUT2D eigenvalue weighted by Crippen LogP contribution is 2.25. The molecule has 1 aromatic carbocycles. The van der Waals surface area contributed by atoms with E-state index in [1.54, 1.807) is 18.4 Å². The van der Waals surface area contributed by atoms with Gasteiger partial charge in [-0.1, -0.05) is 11.6 Å². The molecule has 0 atom stereocenters. The monoisotopic (exact) mass is 372 g/mol. The first kappa shape index (κ1) is 17.9. The van der Waals surface area contributed by atoms with Crippen LogP contribution in [0, 0.1) is 13.8 Å². The summed E-state index contributed by atoms with van der Waals surface area (Å²) in [6.45, 7) is 3.59. The maximum Gasteiger partial charge on any atom is 0.310 e. The molecule has 0 aliphatic carbocycles. The van der Waals surface area contributed by atoms with Gasteiger partial charge >= 0.3 is 5.97 Å². The molecule has 0 aliphatic rings. The number of rotatable bonds is 5. The Morgan fingerprint density at radius 1 is 1.27 bits per heavy atom. The summed E-state index contributed by atoms with van der Waals surface area (Å²) in [6, 6.07) is 7.16. The van der Waals surface area contributed by atoms with Crippen molar-refractivity contribution < 1.29 is 18.7 Å². The van der Waals surface area contributed by atoms with Gasteiger partial charge in [0.05, 0.1) is 18.4 Å². The van der Waals surface area contributed by atoms with Crippen LogP contribution in [-0.2, 0) is 20.7 Å². The van der Waals surface area contributed by atoms with Gasteiger partial charge in [0.2, 0.25) is 0 Å². The van der Waals surface area contributed by atoms with Crippen molar-refractivity contribution in [3.8, 4) is 0 Å². The zero-order valence-corrected chi connectivity index (χ0v) is 15.1. The number of pyridine rings is 1. The molecule has 0 spiro atoms. The molecule has 0 saturated heterocycles. The predicted octanol–water partition coefficient (Wildman–Crippen LogP) is 3.82. The lowest BCUT2D eigenvalue weighted by Gasteiger charge is -2.07. The van der Waals surface area contributed by atoms with Gasteiger partial charge in [-0.3, -0.25) is 9.59 Å². The van der Waals surface area contributed by atoms with Crippen LogP contribution in [0.25, 0.3) is 11.0 Å². The number of fused-ring (bicyclic) bond motifs is 1. The van der Waals surface area contributed by atoms with E-state index in [9.17, 15) is 9.59 Å². The lowest BCUT2D eigenvalue weighted by molar-refractivity contribution is -0.146. The lowest BCUT2D eigenvalue weighted by atomic mass is 10.0. The van der Waals surface area contributed by atoms with Crippen molar-refractivity contribution in [2.75, 3.05) is 11.9 Å². The Labute approximate surface area is 155 Å². The summed E-state index contributed by atoms with van der Waals surface area (Å²) in [5.74, 6) is -1.00. The molecule has 1 amide bonds. The first-order chi connectivity index (χ1) is 12.4.